The van der Waals surface area contributed by atoms with Gasteiger partial charge in [0.2, 0.25) is 0 Å². The summed E-state index contributed by atoms with van der Waals surface area (Å²) in [6.07, 6.45) is 1.19. The number of thiophene rings is 1. The Kier molecular flexibility index (Phi) is 9.70. The van der Waals surface area contributed by atoms with Gasteiger partial charge in [0.05, 0.1) is 30.5 Å². The highest BCUT2D eigenvalue weighted by Crippen LogP contribution is 2.24. The van der Waals surface area contributed by atoms with E-state index in [2.05, 4.69) is 16.0 Å². The molecule has 2 unspecified atom stereocenters. The maximum absolute atomic E-state index is 13.3. The van der Waals surface area contributed by atoms with Gasteiger partial charge in [-0.25, -0.2) is 0 Å². The van der Waals surface area contributed by atoms with Gasteiger partial charge in [-0.05, 0) is 80.1 Å². The first kappa shape index (κ1) is 28.3. The van der Waals surface area contributed by atoms with E-state index in [1.807, 2.05) is 74.7 Å². The SMILES string of the molecule is Cc1ccsc1C(C)NC(=O)c1cccc(C(=O)N[C@@H](Cc2ccccc2)[C@H](O)CNC(C)c2ccco2)c1. The van der Waals surface area contributed by atoms with Gasteiger partial charge >= 0.3 is 0 Å². The third-order valence-electron chi connectivity index (χ3n) is 6.71. The molecule has 204 valence electrons. The Labute approximate surface area is 233 Å². The molecule has 0 saturated heterocycles. The molecule has 0 bridgehead atoms. The summed E-state index contributed by atoms with van der Waals surface area (Å²) in [5.41, 5.74) is 2.88. The zero-order valence-electron chi connectivity index (χ0n) is 22.4. The molecule has 2 aromatic heterocycles. The number of furan rings is 1. The Balaban J connectivity index is 1.44. The van der Waals surface area contributed by atoms with Crippen molar-refractivity contribution in [2.75, 3.05) is 6.54 Å². The molecule has 0 radical (unpaired) electrons. The summed E-state index contributed by atoms with van der Waals surface area (Å²) < 4.78 is 5.44. The average molecular weight is 546 g/mol. The number of aliphatic hydroxyl groups is 1. The Morgan fingerprint density at radius 1 is 0.897 bits per heavy atom. The summed E-state index contributed by atoms with van der Waals surface area (Å²) >= 11 is 1.60. The highest BCUT2D eigenvalue weighted by atomic mass is 32.1. The van der Waals surface area contributed by atoms with E-state index < -0.39 is 12.1 Å². The van der Waals surface area contributed by atoms with Crippen LogP contribution in [0.5, 0.6) is 0 Å². The summed E-state index contributed by atoms with van der Waals surface area (Å²) in [6.45, 7) is 6.17. The van der Waals surface area contributed by atoms with Crippen LogP contribution in [0.15, 0.2) is 88.9 Å². The van der Waals surface area contributed by atoms with Gasteiger partial charge in [0.1, 0.15) is 5.76 Å². The molecule has 0 spiro atoms. The lowest BCUT2D eigenvalue weighted by molar-refractivity contribution is 0.0824. The summed E-state index contributed by atoms with van der Waals surface area (Å²) in [4.78, 5) is 27.4. The van der Waals surface area contributed by atoms with Crippen LogP contribution < -0.4 is 16.0 Å². The lowest BCUT2D eigenvalue weighted by Crippen LogP contribution is -2.49. The predicted octanol–water partition coefficient (Wildman–Crippen LogP) is 5.19. The van der Waals surface area contributed by atoms with Crippen molar-refractivity contribution in [1.29, 1.82) is 0 Å². The Morgan fingerprint density at radius 3 is 2.26 bits per heavy atom. The molecule has 7 nitrogen and oxygen atoms in total. The Bertz CT molecular complexity index is 1350. The zero-order chi connectivity index (χ0) is 27.8. The van der Waals surface area contributed by atoms with Crippen LogP contribution >= 0.6 is 11.3 Å². The third-order valence-corrected chi connectivity index (χ3v) is 7.91. The molecule has 4 aromatic rings. The molecule has 2 heterocycles. The van der Waals surface area contributed by atoms with Gasteiger partial charge in [-0.2, -0.15) is 0 Å². The molecular formula is C31H35N3O4S. The number of carbonyl (C=O) groups is 2. The Hall–Kier alpha value is -3.72. The number of hydrogen-bond donors (Lipinski definition) is 4. The molecule has 0 fully saturated rings. The maximum Gasteiger partial charge on any atom is 0.251 e. The van der Waals surface area contributed by atoms with Crippen molar-refractivity contribution >= 4 is 23.2 Å². The number of hydrogen-bond acceptors (Lipinski definition) is 6. The molecule has 39 heavy (non-hydrogen) atoms. The molecule has 2 amide bonds. The molecule has 2 aromatic carbocycles. The number of nitrogens with one attached hydrogen (secondary N) is 3. The van der Waals surface area contributed by atoms with Crippen molar-refractivity contribution in [3.05, 3.63) is 117 Å². The van der Waals surface area contributed by atoms with E-state index in [1.165, 1.54) is 0 Å². The van der Waals surface area contributed by atoms with Gasteiger partial charge in [0.15, 0.2) is 0 Å². The van der Waals surface area contributed by atoms with Crippen LogP contribution in [0, 0.1) is 6.92 Å². The topological polar surface area (TPSA) is 104 Å². The predicted molar refractivity (Wildman–Crippen MR) is 154 cm³/mol. The van der Waals surface area contributed by atoms with E-state index in [1.54, 1.807) is 41.9 Å². The highest BCUT2D eigenvalue weighted by molar-refractivity contribution is 7.10. The second-order valence-corrected chi connectivity index (χ2v) is 10.7. The standard InChI is InChI=1S/C31H35N3O4S/c1-20-14-16-39-29(20)22(3)33-30(36)24-11-7-12-25(18-24)31(37)34-26(17-23-9-5-4-6-10-23)27(35)19-32-21(2)28-13-8-15-38-28/h4-16,18,21-22,26-27,32,35H,17,19H2,1-3H3,(H,33,36)(H,34,37)/t21?,22?,26-,27+/m0/s1. The van der Waals surface area contributed by atoms with E-state index in [9.17, 15) is 14.7 Å². The average Bonchev–Trinajstić information content (AvgIpc) is 3.64. The lowest BCUT2D eigenvalue weighted by atomic mass is 10.00. The van der Waals surface area contributed by atoms with E-state index in [0.717, 1.165) is 21.8 Å². The minimum Gasteiger partial charge on any atom is -0.468 e. The maximum atomic E-state index is 13.3. The third kappa shape index (κ3) is 7.66. The summed E-state index contributed by atoms with van der Waals surface area (Å²) in [5.74, 6) is 0.164. The fourth-order valence-corrected chi connectivity index (χ4v) is 5.39. The second kappa shape index (κ2) is 13.4. The number of aryl methyl sites for hydroxylation is 1. The van der Waals surface area contributed by atoms with E-state index in [4.69, 9.17) is 4.42 Å². The van der Waals surface area contributed by atoms with Crippen LogP contribution in [0.2, 0.25) is 0 Å². The summed E-state index contributed by atoms with van der Waals surface area (Å²) in [7, 11) is 0. The van der Waals surface area contributed by atoms with Gasteiger partial charge < -0.3 is 25.5 Å². The zero-order valence-corrected chi connectivity index (χ0v) is 23.2. The van der Waals surface area contributed by atoms with Crippen molar-refractivity contribution in [2.45, 2.75) is 51.4 Å². The van der Waals surface area contributed by atoms with Gasteiger partial charge in [-0.3, -0.25) is 9.59 Å². The number of rotatable bonds is 12. The smallest absolute Gasteiger partial charge is 0.251 e. The van der Waals surface area contributed by atoms with Crippen LogP contribution in [-0.4, -0.2) is 35.6 Å². The van der Waals surface area contributed by atoms with Crippen molar-refractivity contribution in [1.82, 2.24) is 16.0 Å². The summed E-state index contributed by atoms with van der Waals surface area (Å²) in [5, 5.41) is 22.4. The van der Waals surface area contributed by atoms with Crippen LogP contribution in [0.1, 0.15) is 68.4 Å². The van der Waals surface area contributed by atoms with Gasteiger partial charge in [-0.1, -0.05) is 36.4 Å². The quantitative estimate of drug-likeness (QED) is 0.196. The number of benzene rings is 2. The monoisotopic (exact) mass is 545 g/mol. The number of aliphatic hydroxyl groups excluding tert-OH is 1. The minimum atomic E-state index is -0.868. The first-order valence-electron chi connectivity index (χ1n) is 13.1. The highest BCUT2D eigenvalue weighted by Gasteiger charge is 2.24. The molecule has 8 heteroatoms. The van der Waals surface area contributed by atoms with Gasteiger partial charge in [0, 0.05) is 22.5 Å². The van der Waals surface area contributed by atoms with E-state index >= 15 is 0 Å². The molecule has 0 aliphatic carbocycles. The van der Waals surface area contributed by atoms with Crippen molar-refractivity contribution in [3.8, 4) is 0 Å². The summed E-state index contributed by atoms with van der Waals surface area (Å²) in [6, 6.07) is 21.3. The van der Waals surface area contributed by atoms with Gasteiger partial charge in [-0.15, -0.1) is 11.3 Å². The number of carbonyl (C=O) groups excluding carboxylic acids is 2. The first-order chi connectivity index (χ1) is 18.8. The molecule has 0 aliphatic heterocycles. The van der Waals surface area contributed by atoms with Crippen molar-refractivity contribution in [3.63, 3.8) is 0 Å². The van der Waals surface area contributed by atoms with Crippen molar-refractivity contribution < 1.29 is 19.1 Å². The second-order valence-electron chi connectivity index (χ2n) is 9.73. The van der Waals surface area contributed by atoms with Crippen LogP contribution in [0.25, 0.3) is 0 Å². The van der Waals surface area contributed by atoms with Crippen LogP contribution in [-0.2, 0) is 6.42 Å². The fraction of sp³-hybridized carbons (Fsp3) is 0.290. The number of amides is 2. The van der Waals surface area contributed by atoms with E-state index in [-0.39, 0.29) is 30.4 Å². The van der Waals surface area contributed by atoms with Crippen molar-refractivity contribution in [2.24, 2.45) is 0 Å². The molecule has 4 atom stereocenters. The normalized spacial score (nSPS) is 14.3. The largest absolute Gasteiger partial charge is 0.468 e. The van der Waals surface area contributed by atoms with E-state index in [0.29, 0.717) is 17.5 Å². The molecule has 4 rings (SSSR count). The van der Waals surface area contributed by atoms with Gasteiger partial charge in [0.25, 0.3) is 11.8 Å². The molecule has 0 aliphatic rings. The first-order valence-corrected chi connectivity index (χ1v) is 13.9. The van der Waals surface area contributed by atoms with Crippen LogP contribution in [0.3, 0.4) is 0 Å². The Morgan fingerprint density at radius 2 is 1.62 bits per heavy atom. The molecule has 4 N–H and O–H groups in total. The molecule has 0 saturated carbocycles. The minimum absolute atomic E-state index is 0.0988. The fourth-order valence-electron chi connectivity index (χ4n) is 4.46. The molecular weight excluding hydrogens is 510 g/mol. The lowest BCUT2D eigenvalue weighted by Gasteiger charge is -2.26. The van der Waals surface area contributed by atoms with Crippen LogP contribution in [0.4, 0.5) is 0 Å².